The maximum absolute atomic E-state index is 12.2. The fourth-order valence-corrected chi connectivity index (χ4v) is 4.07. The molecule has 1 aliphatic heterocycles. The van der Waals surface area contributed by atoms with Crippen molar-refractivity contribution in [3.05, 3.63) is 35.9 Å². The number of carboxylic acids is 1. The largest absolute Gasteiger partial charge is 0.481 e. The van der Waals surface area contributed by atoms with Gasteiger partial charge in [0.2, 0.25) is 0 Å². The monoisotopic (exact) mass is 336 g/mol. The van der Waals surface area contributed by atoms with E-state index >= 15 is 0 Å². The molecular formula is C17H24N2O3S. The highest BCUT2D eigenvalue weighted by atomic mass is 32.2. The maximum Gasteiger partial charge on any atom is 0.315 e. The molecule has 0 saturated carbocycles. The van der Waals surface area contributed by atoms with Gasteiger partial charge >= 0.3 is 12.0 Å². The van der Waals surface area contributed by atoms with Gasteiger partial charge in [-0.2, -0.15) is 11.8 Å². The Hall–Kier alpha value is -1.69. The van der Waals surface area contributed by atoms with Crippen molar-refractivity contribution in [3.8, 4) is 0 Å². The molecule has 0 aromatic heterocycles. The molecule has 1 aromatic rings. The number of thioether (sulfide) groups is 1. The Balaban J connectivity index is 1.90. The number of rotatable bonds is 7. The number of aliphatic carboxylic acids is 1. The van der Waals surface area contributed by atoms with Crippen LogP contribution >= 0.6 is 11.8 Å². The van der Waals surface area contributed by atoms with Crippen molar-refractivity contribution in [3.63, 3.8) is 0 Å². The topological polar surface area (TPSA) is 78.4 Å². The average molecular weight is 336 g/mol. The predicted octanol–water partition coefficient (Wildman–Crippen LogP) is 2.51. The first-order chi connectivity index (χ1) is 11.0. The molecule has 3 N–H and O–H groups in total. The van der Waals surface area contributed by atoms with Crippen molar-refractivity contribution < 1.29 is 14.7 Å². The summed E-state index contributed by atoms with van der Waals surface area (Å²) in [7, 11) is 0. The summed E-state index contributed by atoms with van der Waals surface area (Å²) in [6.07, 6.45) is 1.11. The molecule has 2 rings (SSSR count). The molecule has 0 radical (unpaired) electrons. The second kappa shape index (κ2) is 8.82. The highest BCUT2D eigenvalue weighted by molar-refractivity contribution is 7.99. The van der Waals surface area contributed by atoms with E-state index in [2.05, 4.69) is 17.6 Å². The van der Waals surface area contributed by atoms with Crippen molar-refractivity contribution in [1.82, 2.24) is 10.6 Å². The molecule has 0 bridgehead atoms. The van der Waals surface area contributed by atoms with E-state index in [1.165, 1.54) is 0 Å². The van der Waals surface area contributed by atoms with Crippen LogP contribution in [0.5, 0.6) is 0 Å². The zero-order chi connectivity index (χ0) is 16.7. The Morgan fingerprint density at radius 3 is 2.65 bits per heavy atom. The summed E-state index contributed by atoms with van der Waals surface area (Å²) in [5.41, 5.74) is 1.09. The zero-order valence-corrected chi connectivity index (χ0v) is 14.1. The number of carbonyl (C=O) groups is 2. The van der Waals surface area contributed by atoms with E-state index in [0.29, 0.717) is 18.8 Å². The highest BCUT2D eigenvalue weighted by Gasteiger charge is 2.26. The first kappa shape index (κ1) is 17.7. The van der Waals surface area contributed by atoms with Crippen molar-refractivity contribution >= 4 is 23.8 Å². The summed E-state index contributed by atoms with van der Waals surface area (Å²) in [5, 5.41) is 14.9. The van der Waals surface area contributed by atoms with Crippen LogP contribution in [0.15, 0.2) is 30.3 Å². The molecule has 1 saturated heterocycles. The molecule has 0 aliphatic carbocycles. The Bertz CT molecular complexity index is 524. The Labute approximate surface area is 141 Å². The van der Waals surface area contributed by atoms with Gasteiger partial charge < -0.3 is 15.7 Å². The van der Waals surface area contributed by atoms with E-state index in [0.717, 1.165) is 17.1 Å². The summed E-state index contributed by atoms with van der Waals surface area (Å²) in [5.74, 6) is 1.63. The lowest BCUT2D eigenvalue weighted by Crippen LogP contribution is -2.48. The van der Waals surface area contributed by atoms with E-state index in [4.69, 9.17) is 5.11 Å². The van der Waals surface area contributed by atoms with Crippen LogP contribution in [-0.4, -0.2) is 40.7 Å². The Morgan fingerprint density at radius 1 is 1.30 bits per heavy atom. The van der Waals surface area contributed by atoms with Crippen LogP contribution < -0.4 is 10.6 Å². The minimum Gasteiger partial charge on any atom is -0.481 e. The second-order valence-corrected chi connectivity index (χ2v) is 7.13. The molecule has 0 spiro atoms. The third-order valence-corrected chi connectivity index (χ3v) is 5.40. The smallest absolute Gasteiger partial charge is 0.315 e. The quantitative estimate of drug-likeness (QED) is 0.715. The number of nitrogens with one attached hydrogen (secondary N) is 2. The summed E-state index contributed by atoms with van der Waals surface area (Å²) < 4.78 is 0. The molecule has 3 unspecified atom stereocenters. The lowest BCUT2D eigenvalue weighted by molar-refractivity contribution is -0.137. The van der Waals surface area contributed by atoms with Crippen LogP contribution in [0.2, 0.25) is 0 Å². The summed E-state index contributed by atoms with van der Waals surface area (Å²) in [6.45, 7) is 2.14. The summed E-state index contributed by atoms with van der Waals surface area (Å²) in [4.78, 5) is 23.0. The number of urea groups is 1. The van der Waals surface area contributed by atoms with Crippen molar-refractivity contribution in [2.24, 2.45) is 5.92 Å². The third-order valence-electron chi connectivity index (χ3n) is 4.05. The average Bonchev–Trinajstić information content (AvgIpc) is 2.91. The van der Waals surface area contributed by atoms with E-state index in [1.807, 2.05) is 42.1 Å². The summed E-state index contributed by atoms with van der Waals surface area (Å²) in [6, 6.07) is 9.62. The second-order valence-electron chi connectivity index (χ2n) is 6.06. The maximum atomic E-state index is 12.2. The summed E-state index contributed by atoms with van der Waals surface area (Å²) >= 11 is 1.85. The minimum atomic E-state index is -0.842. The number of hydrogen-bond donors (Lipinski definition) is 3. The zero-order valence-electron chi connectivity index (χ0n) is 13.3. The van der Waals surface area contributed by atoms with Crippen LogP contribution in [0.4, 0.5) is 4.79 Å². The molecular weight excluding hydrogens is 312 g/mol. The first-order valence-electron chi connectivity index (χ1n) is 7.95. The van der Waals surface area contributed by atoms with Gasteiger partial charge in [-0.15, -0.1) is 0 Å². The molecule has 1 heterocycles. The van der Waals surface area contributed by atoms with E-state index in [9.17, 15) is 9.59 Å². The van der Waals surface area contributed by atoms with Crippen LogP contribution in [0.3, 0.4) is 0 Å². The Kier molecular flexibility index (Phi) is 6.77. The molecule has 1 aromatic carbocycles. The van der Waals surface area contributed by atoms with Gasteiger partial charge in [0, 0.05) is 24.3 Å². The van der Waals surface area contributed by atoms with Crippen LogP contribution in [0.1, 0.15) is 25.3 Å². The lowest BCUT2D eigenvalue weighted by atomic mass is 10.0. The van der Waals surface area contributed by atoms with E-state index < -0.39 is 5.97 Å². The van der Waals surface area contributed by atoms with Gasteiger partial charge in [0.25, 0.3) is 0 Å². The van der Waals surface area contributed by atoms with Gasteiger partial charge in [0.05, 0.1) is 0 Å². The molecule has 6 heteroatoms. The van der Waals surface area contributed by atoms with Crippen LogP contribution in [0.25, 0.3) is 0 Å². The molecule has 23 heavy (non-hydrogen) atoms. The molecule has 3 atom stereocenters. The van der Waals surface area contributed by atoms with E-state index in [1.54, 1.807) is 0 Å². The fraction of sp³-hybridized carbons (Fsp3) is 0.529. The standard InChI is InChI=1S/C17H24N2O3S/c1-12-10-23-11-15(12)19-17(22)18-14(7-8-16(20)21)9-13-5-3-2-4-6-13/h2-6,12,14-15H,7-11H2,1H3,(H,20,21)(H2,18,19,22). The van der Waals surface area contributed by atoms with Gasteiger partial charge in [0.15, 0.2) is 0 Å². The minimum absolute atomic E-state index is 0.0491. The van der Waals surface area contributed by atoms with Gasteiger partial charge in [-0.05, 0) is 30.1 Å². The van der Waals surface area contributed by atoms with Gasteiger partial charge in [0.1, 0.15) is 0 Å². The normalized spacial score (nSPS) is 21.6. The van der Waals surface area contributed by atoms with Gasteiger partial charge in [-0.3, -0.25) is 4.79 Å². The Morgan fingerprint density at radius 2 is 2.04 bits per heavy atom. The third kappa shape index (κ3) is 6.14. The van der Waals surface area contributed by atoms with Crippen LogP contribution in [-0.2, 0) is 11.2 Å². The van der Waals surface area contributed by atoms with Gasteiger partial charge in [-0.1, -0.05) is 37.3 Å². The molecule has 2 amide bonds. The molecule has 1 fully saturated rings. The fourth-order valence-electron chi connectivity index (χ4n) is 2.66. The predicted molar refractivity (Wildman–Crippen MR) is 92.7 cm³/mol. The molecule has 1 aliphatic rings. The molecule has 126 valence electrons. The number of benzene rings is 1. The van der Waals surface area contributed by atoms with Crippen molar-refractivity contribution in [1.29, 1.82) is 0 Å². The highest BCUT2D eigenvalue weighted by Crippen LogP contribution is 2.23. The number of carboxylic acid groups (broad SMARTS) is 1. The van der Waals surface area contributed by atoms with Gasteiger partial charge in [-0.25, -0.2) is 4.79 Å². The number of amides is 2. The van der Waals surface area contributed by atoms with Crippen LogP contribution in [0, 0.1) is 5.92 Å². The first-order valence-corrected chi connectivity index (χ1v) is 9.10. The van der Waals surface area contributed by atoms with Crippen molar-refractivity contribution in [2.45, 2.75) is 38.3 Å². The lowest BCUT2D eigenvalue weighted by Gasteiger charge is -2.22. The number of hydrogen-bond acceptors (Lipinski definition) is 3. The SMILES string of the molecule is CC1CSCC1NC(=O)NC(CCC(=O)O)Cc1ccccc1. The molecule has 5 nitrogen and oxygen atoms in total. The van der Waals surface area contributed by atoms with Crippen molar-refractivity contribution in [2.75, 3.05) is 11.5 Å². The van der Waals surface area contributed by atoms with E-state index in [-0.39, 0.29) is 24.5 Å². The number of carbonyl (C=O) groups excluding carboxylic acids is 1.